The number of hydrogen-bond donors (Lipinski definition) is 2. The number of ketones is 1. The fraction of sp³-hybridized carbons (Fsp3) is 0.588. The normalized spacial score (nSPS) is 21.4. The number of carbonyl (C=O) groups excluding carboxylic acids is 4. The van der Waals surface area contributed by atoms with E-state index >= 15 is 0 Å². The molecule has 154 valence electrons. The van der Waals surface area contributed by atoms with Crippen LogP contribution in [0.4, 0.5) is 4.79 Å². The minimum Gasteiger partial charge on any atom is -0.477 e. The Balaban J connectivity index is 2.08. The van der Waals surface area contributed by atoms with Crippen LogP contribution in [-0.2, 0) is 28.7 Å². The summed E-state index contributed by atoms with van der Waals surface area (Å²) >= 11 is 1.23. The van der Waals surface area contributed by atoms with E-state index in [1.165, 1.54) is 18.7 Å². The molecule has 0 aromatic heterocycles. The Morgan fingerprint density at radius 3 is 2.46 bits per heavy atom. The van der Waals surface area contributed by atoms with E-state index in [9.17, 15) is 29.1 Å². The van der Waals surface area contributed by atoms with E-state index in [0.29, 0.717) is 0 Å². The summed E-state index contributed by atoms with van der Waals surface area (Å²) in [6, 6.07) is -0.906. The molecular weight excluding hydrogens is 392 g/mol. The maximum atomic E-state index is 12.4. The van der Waals surface area contributed by atoms with Crippen LogP contribution in [0.1, 0.15) is 34.1 Å². The van der Waals surface area contributed by atoms with Gasteiger partial charge in [0.05, 0.1) is 0 Å². The number of β-lactam (4-membered cyclic amide) rings is 1. The van der Waals surface area contributed by atoms with Crippen molar-refractivity contribution in [3.8, 4) is 0 Å². The van der Waals surface area contributed by atoms with Gasteiger partial charge in [0, 0.05) is 11.3 Å². The number of nitrogens with zero attached hydrogens (tertiary/aromatic N) is 1. The highest BCUT2D eigenvalue weighted by Crippen LogP contribution is 2.40. The molecule has 0 aromatic carbocycles. The molecule has 1 saturated heterocycles. The van der Waals surface area contributed by atoms with Crippen LogP contribution in [0, 0.1) is 0 Å². The first-order valence-corrected chi connectivity index (χ1v) is 9.50. The molecule has 2 atom stereocenters. The average Bonchev–Trinajstić information content (AvgIpc) is 2.54. The van der Waals surface area contributed by atoms with E-state index in [1.54, 1.807) is 20.8 Å². The van der Waals surface area contributed by atoms with Crippen molar-refractivity contribution in [3.63, 3.8) is 0 Å². The third kappa shape index (κ3) is 5.03. The highest BCUT2D eigenvalue weighted by molar-refractivity contribution is 8.00. The molecule has 10 nitrogen and oxygen atoms in total. The van der Waals surface area contributed by atoms with Crippen molar-refractivity contribution >= 4 is 41.5 Å². The predicted molar refractivity (Wildman–Crippen MR) is 97.2 cm³/mol. The fourth-order valence-corrected chi connectivity index (χ4v) is 3.98. The van der Waals surface area contributed by atoms with Gasteiger partial charge in [-0.2, -0.15) is 0 Å². The van der Waals surface area contributed by atoms with Gasteiger partial charge in [-0.15, -0.1) is 11.8 Å². The van der Waals surface area contributed by atoms with Crippen molar-refractivity contribution in [2.45, 2.75) is 51.1 Å². The Labute approximate surface area is 165 Å². The maximum absolute atomic E-state index is 12.4. The van der Waals surface area contributed by atoms with E-state index in [2.05, 4.69) is 5.32 Å². The lowest BCUT2D eigenvalue weighted by atomic mass is 10.0. The maximum Gasteiger partial charge on any atom is 0.408 e. The Hall–Kier alpha value is -2.56. The lowest BCUT2D eigenvalue weighted by molar-refractivity contribution is -0.149. The number of alkyl carbamates (subject to hydrolysis) is 1. The van der Waals surface area contributed by atoms with Gasteiger partial charge >= 0.3 is 18.0 Å². The van der Waals surface area contributed by atoms with Crippen LogP contribution in [0.2, 0.25) is 0 Å². The summed E-state index contributed by atoms with van der Waals surface area (Å²) in [5.74, 6) is -2.88. The molecule has 1 fully saturated rings. The monoisotopic (exact) mass is 414 g/mol. The summed E-state index contributed by atoms with van der Waals surface area (Å²) in [7, 11) is 0. The zero-order valence-electron chi connectivity index (χ0n) is 15.9. The van der Waals surface area contributed by atoms with Crippen LogP contribution in [-0.4, -0.2) is 69.1 Å². The fourth-order valence-electron chi connectivity index (χ4n) is 2.65. The van der Waals surface area contributed by atoms with E-state index in [0.717, 1.165) is 4.90 Å². The van der Waals surface area contributed by atoms with E-state index in [1.807, 2.05) is 0 Å². The molecule has 0 aliphatic carbocycles. The van der Waals surface area contributed by atoms with E-state index < -0.39 is 47.4 Å². The van der Waals surface area contributed by atoms with Crippen LogP contribution in [0.15, 0.2) is 11.3 Å². The average molecular weight is 414 g/mol. The predicted octanol–water partition coefficient (Wildman–Crippen LogP) is 0.656. The van der Waals surface area contributed by atoms with Crippen molar-refractivity contribution in [2.75, 3.05) is 12.4 Å². The molecule has 2 rings (SSSR count). The molecule has 2 N–H and O–H groups in total. The summed E-state index contributed by atoms with van der Waals surface area (Å²) in [6.07, 6.45) is -1.17. The van der Waals surface area contributed by atoms with Gasteiger partial charge in [0.2, 0.25) is 0 Å². The standard InChI is InChI=1S/C17H22N2O8S/c1-8(20)5-10(21)26-6-9-7-28-14-11(18-16(25)27-17(2,3)4)13(22)19(14)12(9)15(23)24/h11,14H,5-7H2,1-4H3,(H,18,25)(H,23,24)/t11-,14-/m0/s1. The van der Waals surface area contributed by atoms with E-state index in [-0.39, 0.29) is 29.4 Å². The quantitative estimate of drug-likeness (QED) is 0.364. The van der Waals surface area contributed by atoms with Crippen LogP contribution >= 0.6 is 11.8 Å². The second-order valence-electron chi connectivity index (χ2n) is 7.33. The molecule has 28 heavy (non-hydrogen) atoms. The smallest absolute Gasteiger partial charge is 0.408 e. The number of thioether (sulfide) groups is 1. The summed E-state index contributed by atoms with van der Waals surface area (Å²) in [6.45, 7) is 5.95. The number of esters is 1. The van der Waals surface area contributed by atoms with Crippen molar-refractivity contribution in [1.29, 1.82) is 0 Å². The first-order chi connectivity index (χ1) is 12.9. The summed E-state index contributed by atoms with van der Waals surface area (Å²) in [5, 5.41) is 11.4. The zero-order chi connectivity index (χ0) is 21.2. The Morgan fingerprint density at radius 1 is 1.29 bits per heavy atom. The largest absolute Gasteiger partial charge is 0.477 e. The minimum atomic E-state index is -1.34. The number of fused-ring (bicyclic) bond motifs is 1. The van der Waals surface area contributed by atoms with Crippen LogP contribution in [0.5, 0.6) is 0 Å². The molecule has 0 radical (unpaired) electrons. The second kappa shape index (κ2) is 8.21. The Morgan fingerprint density at radius 2 is 1.93 bits per heavy atom. The van der Waals surface area contributed by atoms with Gasteiger partial charge in [-0.25, -0.2) is 9.59 Å². The van der Waals surface area contributed by atoms with Gasteiger partial charge in [0.1, 0.15) is 41.5 Å². The summed E-state index contributed by atoms with van der Waals surface area (Å²) < 4.78 is 10.1. The van der Waals surface area contributed by atoms with Gasteiger partial charge in [0.15, 0.2) is 0 Å². The third-order valence-electron chi connectivity index (χ3n) is 3.72. The number of Topliss-reactive ketones (excluding diaryl/α,β-unsaturated/α-hetero) is 1. The molecule has 0 spiro atoms. The van der Waals surface area contributed by atoms with Crippen LogP contribution < -0.4 is 5.32 Å². The minimum absolute atomic E-state index is 0.190. The lowest BCUT2D eigenvalue weighted by Gasteiger charge is -2.49. The van der Waals surface area contributed by atoms with Gasteiger partial charge in [-0.1, -0.05) is 0 Å². The highest BCUT2D eigenvalue weighted by atomic mass is 32.2. The molecule has 0 unspecified atom stereocenters. The van der Waals surface area contributed by atoms with Gasteiger partial charge in [0.25, 0.3) is 5.91 Å². The number of rotatable bonds is 6. The number of hydrogen-bond acceptors (Lipinski definition) is 8. The van der Waals surface area contributed by atoms with Gasteiger partial charge in [-0.05, 0) is 27.7 Å². The highest BCUT2D eigenvalue weighted by Gasteiger charge is 2.54. The summed E-state index contributed by atoms with van der Waals surface area (Å²) in [5.41, 5.74) is -0.763. The van der Waals surface area contributed by atoms with Crippen molar-refractivity contribution in [3.05, 3.63) is 11.3 Å². The molecule has 2 aliphatic heterocycles. The van der Waals surface area contributed by atoms with Gasteiger partial charge in [-0.3, -0.25) is 19.3 Å². The van der Waals surface area contributed by atoms with E-state index in [4.69, 9.17) is 9.47 Å². The number of amides is 2. The number of nitrogens with one attached hydrogen (secondary N) is 1. The first kappa shape index (κ1) is 21.7. The SMILES string of the molecule is CC(=O)CC(=O)OCC1=C(C(=O)O)N2C(=O)[C@H](NC(=O)OC(C)(C)C)[C@@H]2SC1. The number of ether oxygens (including phenoxy) is 2. The third-order valence-corrected chi connectivity index (χ3v) is 5.06. The van der Waals surface area contributed by atoms with Crippen LogP contribution in [0.3, 0.4) is 0 Å². The van der Waals surface area contributed by atoms with Crippen molar-refractivity contribution < 1.29 is 38.6 Å². The molecule has 0 aromatic rings. The number of carbonyl (C=O) groups is 5. The molecule has 0 saturated carbocycles. The summed E-state index contributed by atoms with van der Waals surface area (Å²) in [4.78, 5) is 59.5. The Bertz CT molecular complexity index is 755. The Kier molecular flexibility index (Phi) is 6.37. The topological polar surface area (TPSA) is 139 Å². The van der Waals surface area contributed by atoms with Crippen molar-refractivity contribution in [1.82, 2.24) is 10.2 Å². The molecule has 2 aliphatic rings. The number of aliphatic carboxylic acids is 1. The van der Waals surface area contributed by atoms with Crippen LogP contribution in [0.25, 0.3) is 0 Å². The lowest BCUT2D eigenvalue weighted by Crippen LogP contribution is -2.70. The van der Waals surface area contributed by atoms with Crippen molar-refractivity contribution in [2.24, 2.45) is 0 Å². The number of carboxylic acids is 1. The molecule has 2 amide bonds. The molecular formula is C17H22N2O8S. The second-order valence-corrected chi connectivity index (χ2v) is 8.44. The molecule has 2 heterocycles. The molecule has 0 bridgehead atoms. The first-order valence-electron chi connectivity index (χ1n) is 8.45. The molecule has 11 heteroatoms. The van der Waals surface area contributed by atoms with Gasteiger partial charge < -0.3 is 19.9 Å². The number of carboxylic acid groups (broad SMARTS) is 1. The zero-order valence-corrected chi connectivity index (χ0v) is 16.8.